The van der Waals surface area contributed by atoms with E-state index in [4.69, 9.17) is 32.7 Å². The molecule has 1 amide bonds. The van der Waals surface area contributed by atoms with Gasteiger partial charge in [0.1, 0.15) is 18.2 Å². The van der Waals surface area contributed by atoms with E-state index < -0.39 is 5.91 Å². The molecular formula is C27H23BrCl2N2O3. The van der Waals surface area contributed by atoms with Gasteiger partial charge in [0.25, 0.3) is 5.91 Å². The van der Waals surface area contributed by atoms with Crippen LogP contribution in [0.15, 0.2) is 70.7 Å². The Morgan fingerprint density at radius 1 is 1.11 bits per heavy atom. The van der Waals surface area contributed by atoms with Gasteiger partial charge in [-0.05, 0) is 55.3 Å². The Morgan fingerprint density at radius 3 is 2.49 bits per heavy atom. The smallest absolute Gasteiger partial charge is 0.262 e. The summed E-state index contributed by atoms with van der Waals surface area (Å²) in [6, 6.07) is 19.9. The fourth-order valence-corrected chi connectivity index (χ4v) is 4.14. The second-order valence-electron chi connectivity index (χ2n) is 7.55. The van der Waals surface area contributed by atoms with Gasteiger partial charge in [-0.1, -0.05) is 75.5 Å². The standard InChI is InChI=1S/C27H23BrCl2N2O3/c1-3-34-25-12-20(11-21(15-31)27(33)32-17(2)18-7-5-4-6-8-18)23(28)14-26(25)35-16-19-9-10-22(29)13-24(19)30/h4-14,17H,3,16H2,1-2H3,(H,32,33)/b21-11-/t17-/m1/s1. The maximum atomic E-state index is 12.8. The Bertz CT molecular complexity index is 1270. The number of nitriles is 1. The summed E-state index contributed by atoms with van der Waals surface area (Å²) in [5.41, 5.74) is 2.29. The lowest BCUT2D eigenvalue weighted by Crippen LogP contribution is -2.27. The lowest BCUT2D eigenvalue weighted by molar-refractivity contribution is -0.117. The summed E-state index contributed by atoms with van der Waals surface area (Å²) in [7, 11) is 0. The summed E-state index contributed by atoms with van der Waals surface area (Å²) in [5, 5.41) is 13.6. The Kier molecular flexibility index (Phi) is 9.62. The predicted molar refractivity (Wildman–Crippen MR) is 143 cm³/mol. The molecule has 0 aromatic heterocycles. The number of halogens is 3. The largest absolute Gasteiger partial charge is 0.490 e. The van der Waals surface area contributed by atoms with Crippen LogP contribution in [-0.2, 0) is 11.4 Å². The number of nitrogens with zero attached hydrogens (tertiary/aromatic N) is 1. The molecule has 35 heavy (non-hydrogen) atoms. The molecule has 0 aliphatic rings. The van der Waals surface area contributed by atoms with Gasteiger partial charge in [0.05, 0.1) is 12.6 Å². The number of nitrogens with one attached hydrogen (secondary N) is 1. The van der Waals surface area contributed by atoms with Gasteiger partial charge in [0.15, 0.2) is 11.5 Å². The number of hydrogen-bond acceptors (Lipinski definition) is 4. The first-order valence-electron chi connectivity index (χ1n) is 10.8. The molecule has 1 N–H and O–H groups in total. The second-order valence-corrected chi connectivity index (χ2v) is 9.25. The molecule has 0 spiro atoms. The van der Waals surface area contributed by atoms with Crippen molar-refractivity contribution in [1.29, 1.82) is 5.26 Å². The minimum Gasteiger partial charge on any atom is -0.490 e. The van der Waals surface area contributed by atoms with Gasteiger partial charge < -0.3 is 14.8 Å². The van der Waals surface area contributed by atoms with Crippen LogP contribution in [0.5, 0.6) is 11.5 Å². The zero-order valence-corrected chi connectivity index (χ0v) is 22.2. The van der Waals surface area contributed by atoms with Gasteiger partial charge in [-0.2, -0.15) is 5.26 Å². The molecule has 3 aromatic rings. The van der Waals surface area contributed by atoms with Crippen LogP contribution in [0.2, 0.25) is 10.0 Å². The Hall–Kier alpha value is -2.98. The van der Waals surface area contributed by atoms with Crippen molar-refractivity contribution >= 4 is 51.1 Å². The maximum absolute atomic E-state index is 12.8. The summed E-state index contributed by atoms with van der Waals surface area (Å²) in [6.07, 6.45) is 1.51. The van der Waals surface area contributed by atoms with Crippen molar-refractivity contribution in [3.05, 3.63) is 97.4 Å². The van der Waals surface area contributed by atoms with E-state index >= 15 is 0 Å². The molecule has 180 valence electrons. The minimum absolute atomic E-state index is 0.0301. The van der Waals surface area contributed by atoms with E-state index in [1.54, 1.807) is 30.3 Å². The fourth-order valence-electron chi connectivity index (χ4n) is 3.24. The van der Waals surface area contributed by atoms with Crippen molar-refractivity contribution in [2.45, 2.75) is 26.5 Å². The molecule has 0 saturated heterocycles. The third-order valence-electron chi connectivity index (χ3n) is 5.07. The first-order valence-corrected chi connectivity index (χ1v) is 12.4. The molecule has 0 fully saturated rings. The fraction of sp³-hybridized carbons (Fsp3) is 0.185. The quantitative estimate of drug-likeness (QED) is 0.212. The molecule has 0 aliphatic carbocycles. The van der Waals surface area contributed by atoms with Crippen LogP contribution in [0.1, 0.15) is 36.6 Å². The van der Waals surface area contributed by atoms with Crippen molar-refractivity contribution in [3.8, 4) is 17.6 Å². The highest BCUT2D eigenvalue weighted by Crippen LogP contribution is 2.36. The van der Waals surface area contributed by atoms with E-state index in [1.165, 1.54) is 6.08 Å². The zero-order valence-electron chi connectivity index (χ0n) is 19.1. The van der Waals surface area contributed by atoms with Crippen molar-refractivity contribution in [2.24, 2.45) is 0 Å². The van der Waals surface area contributed by atoms with Crippen LogP contribution in [0.3, 0.4) is 0 Å². The van der Waals surface area contributed by atoms with E-state index in [2.05, 4.69) is 21.2 Å². The number of carbonyl (C=O) groups excluding carboxylic acids is 1. The topological polar surface area (TPSA) is 71.3 Å². The number of ether oxygens (including phenoxy) is 2. The number of carbonyl (C=O) groups is 1. The van der Waals surface area contributed by atoms with E-state index in [9.17, 15) is 10.1 Å². The molecule has 0 saturated carbocycles. The molecule has 3 aromatic carbocycles. The first-order chi connectivity index (χ1) is 16.8. The molecule has 3 rings (SSSR count). The number of amides is 1. The van der Waals surface area contributed by atoms with E-state index in [0.29, 0.717) is 38.2 Å². The van der Waals surface area contributed by atoms with Crippen molar-refractivity contribution < 1.29 is 14.3 Å². The first kappa shape index (κ1) is 26.6. The molecule has 0 heterocycles. The lowest BCUT2D eigenvalue weighted by atomic mass is 10.1. The van der Waals surface area contributed by atoms with Crippen LogP contribution >= 0.6 is 39.1 Å². The highest BCUT2D eigenvalue weighted by molar-refractivity contribution is 9.10. The average Bonchev–Trinajstić information content (AvgIpc) is 2.84. The van der Waals surface area contributed by atoms with Gasteiger partial charge >= 0.3 is 0 Å². The molecule has 0 radical (unpaired) electrons. The van der Waals surface area contributed by atoms with Crippen molar-refractivity contribution in [3.63, 3.8) is 0 Å². The summed E-state index contributed by atoms with van der Waals surface area (Å²) in [5.74, 6) is 0.497. The van der Waals surface area contributed by atoms with E-state index in [1.807, 2.05) is 50.2 Å². The van der Waals surface area contributed by atoms with Crippen molar-refractivity contribution in [1.82, 2.24) is 5.32 Å². The molecule has 5 nitrogen and oxygen atoms in total. The molecule has 1 atom stereocenters. The predicted octanol–water partition coefficient (Wildman–Crippen LogP) is 7.52. The summed E-state index contributed by atoms with van der Waals surface area (Å²) < 4.78 is 12.4. The average molecular weight is 574 g/mol. The summed E-state index contributed by atoms with van der Waals surface area (Å²) >= 11 is 15.7. The van der Waals surface area contributed by atoms with Gasteiger partial charge in [0.2, 0.25) is 0 Å². The van der Waals surface area contributed by atoms with Gasteiger partial charge in [-0.25, -0.2) is 0 Å². The summed E-state index contributed by atoms with van der Waals surface area (Å²) in [6.45, 7) is 4.34. The van der Waals surface area contributed by atoms with Gasteiger partial charge in [-0.3, -0.25) is 4.79 Å². The van der Waals surface area contributed by atoms with Gasteiger partial charge in [-0.15, -0.1) is 0 Å². The Morgan fingerprint density at radius 2 is 1.83 bits per heavy atom. The van der Waals surface area contributed by atoms with Crippen LogP contribution in [0, 0.1) is 11.3 Å². The van der Waals surface area contributed by atoms with Crippen LogP contribution < -0.4 is 14.8 Å². The van der Waals surface area contributed by atoms with Gasteiger partial charge in [0, 0.05) is 20.1 Å². The number of hydrogen-bond donors (Lipinski definition) is 1. The highest BCUT2D eigenvalue weighted by Gasteiger charge is 2.16. The summed E-state index contributed by atoms with van der Waals surface area (Å²) in [4.78, 5) is 12.8. The Labute approximate surface area is 223 Å². The van der Waals surface area contributed by atoms with Crippen LogP contribution in [-0.4, -0.2) is 12.5 Å². The molecule has 8 heteroatoms. The molecular weight excluding hydrogens is 551 g/mol. The molecule has 0 bridgehead atoms. The second kappa shape index (κ2) is 12.6. The third kappa shape index (κ3) is 7.25. The monoisotopic (exact) mass is 572 g/mol. The normalized spacial score (nSPS) is 11.9. The zero-order chi connectivity index (χ0) is 25.4. The Balaban J connectivity index is 1.83. The van der Waals surface area contributed by atoms with E-state index in [0.717, 1.165) is 11.1 Å². The number of rotatable bonds is 9. The minimum atomic E-state index is -0.466. The van der Waals surface area contributed by atoms with Crippen LogP contribution in [0.25, 0.3) is 6.08 Å². The maximum Gasteiger partial charge on any atom is 0.262 e. The highest BCUT2D eigenvalue weighted by atomic mass is 79.9. The SMILES string of the molecule is CCOc1cc(/C=C(/C#N)C(=O)N[C@H](C)c2ccccc2)c(Br)cc1OCc1ccc(Cl)cc1Cl. The lowest BCUT2D eigenvalue weighted by Gasteiger charge is -2.15. The third-order valence-corrected chi connectivity index (χ3v) is 6.35. The molecule has 0 unspecified atom stereocenters. The number of benzene rings is 3. The van der Waals surface area contributed by atoms with Crippen LogP contribution in [0.4, 0.5) is 0 Å². The van der Waals surface area contributed by atoms with E-state index in [-0.39, 0.29) is 18.2 Å². The molecule has 0 aliphatic heterocycles. The van der Waals surface area contributed by atoms with Crippen molar-refractivity contribution in [2.75, 3.05) is 6.61 Å².